The molecule has 22 heavy (non-hydrogen) atoms. The van der Waals surface area contributed by atoms with E-state index in [2.05, 4.69) is 9.88 Å². The molecule has 0 saturated carbocycles. The third-order valence-corrected chi connectivity index (χ3v) is 4.41. The first-order chi connectivity index (χ1) is 10.7. The smallest absolute Gasteiger partial charge is 0.345 e. The van der Waals surface area contributed by atoms with Gasteiger partial charge in [0.2, 0.25) is 0 Å². The minimum Gasteiger partial charge on any atom is -0.462 e. The first kappa shape index (κ1) is 15.1. The summed E-state index contributed by atoms with van der Waals surface area (Å²) in [6.45, 7) is 5.91. The van der Waals surface area contributed by atoms with Crippen molar-refractivity contribution in [3.8, 4) is 0 Å². The molecule has 1 aliphatic rings. The van der Waals surface area contributed by atoms with Crippen LogP contribution in [0.15, 0.2) is 17.2 Å². The Bertz CT molecular complexity index is 733. The van der Waals surface area contributed by atoms with Crippen molar-refractivity contribution in [2.75, 3.05) is 32.9 Å². The van der Waals surface area contributed by atoms with Crippen LogP contribution < -0.4 is 5.56 Å². The average Bonchev–Trinajstić information content (AvgIpc) is 2.92. The lowest BCUT2D eigenvalue weighted by Crippen LogP contribution is -2.35. The van der Waals surface area contributed by atoms with E-state index in [0.29, 0.717) is 4.96 Å². The lowest BCUT2D eigenvalue weighted by molar-refractivity contribution is 0.0346. The van der Waals surface area contributed by atoms with Gasteiger partial charge >= 0.3 is 5.97 Å². The highest BCUT2D eigenvalue weighted by Crippen LogP contribution is 2.17. The summed E-state index contributed by atoms with van der Waals surface area (Å²) >= 11 is 1.46. The van der Waals surface area contributed by atoms with Gasteiger partial charge in [-0.2, -0.15) is 0 Å². The zero-order valence-electron chi connectivity index (χ0n) is 12.3. The van der Waals surface area contributed by atoms with E-state index in [0.717, 1.165) is 37.7 Å². The highest BCUT2D eigenvalue weighted by molar-refractivity contribution is 7.17. The summed E-state index contributed by atoms with van der Waals surface area (Å²) in [6.07, 6.45) is 3.05. The van der Waals surface area contributed by atoms with Gasteiger partial charge in [0, 0.05) is 30.7 Å². The van der Waals surface area contributed by atoms with E-state index in [1.807, 2.05) is 0 Å². The van der Waals surface area contributed by atoms with Crippen LogP contribution in [0, 0.1) is 0 Å². The predicted octanol–water partition coefficient (Wildman–Crippen LogP) is 0.765. The normalized spacial score (nSPS) is 16.0. The summed E-state index contributed by atoms with van der Waals surface area (Å²) in [6, 6.07) is 0. The highest BCUT2D eigenvalue weighted by atomic mass is 32.1. The van der Waals surface area contributed by atoms with Crippen molar-refractivity contribution in [3.63, 3.8) is 0 Å². The second-order valence-corrected chi connectivity index (χ2v) is 6.03. The fraction of sp³-hybridized carbons (Fsp3) is 0.500. The molecule has 118 valence electrons. The Morgan fingerprint density at radius 2 is 2.23 bits per heavy atom. The maximum Gasteiger partial charge on any atom is 0.345 e. The number of ether oxygens (including phenoxy) is 2. The van der Waals surface area contributed by atoms with E-state index in [-0.39, 0.29) is 17.7 Å². The second-order valence-electron chi connectivity index (χ2n) is 4.94. The van der Waals surface area contributed by atoms with Crippen LogP contribution >= 0.6 is 11.3 Å². The number of hydrogen-bond acceptors (Lipinski definition) is 7. The summed E-state index contributed by atoms with van der Waals surface area (Å²) in [5, 5.41) is 0. The lowest BCUT2D eigenvalue weighted by atomic mass is 10.3. The average molecular weight is 323 g/mol. The molecule has 0 atom stereocenters. The van der Waals surface area contributed by atoms with Gasteiger partial charge in [0.05, 0.1) is 26.0 Å². The Labute approximate surface area is 131 Å². The van der Waals surface area contributed by atoms with Crippen molar-refractivity contribution < 1.29 is 14.3 Å². The minimum atomic E-state index is -0.629. The zero-order chi connectivity index (χ0) is 15.5. The van der Waals surface area contributed by atoms with Gasteiger partial charge in [0.15, 0.2) is 4.96 Å². The lowest BCUT2D eigenvalue weighted by Gasteiger charge is -2.25. The van der Waals surface area contributed by atoms with Crippen molar-refractivity contribution in [2.45, 2.75) is 13.5 Å². The molecule has 1 saturated heterocycles. The van der Waals surface area contributed by atoms with Gasteiger partial charge in [-0.1, -0.05) is 11.3 Å². The molecule has 3 rings (SSSR count). The van der Waals surface area contributed by atoms with Crippen LogP contribution in [0.2, 0.25) is 0 Å². The Morgan fingerprint density at radius 3 is 2.95 bits per heavy atom. The monoisotopic (exact) mass is 323 g/mol. The van der Waals surface area contributed by atoms with Gasteiger partial charge in [0.25, 0.3) is 5.56 Å². The Morgan fingerprint density at radius 1 is 1.45 bits per heavy atom. The van der Waals surface area contributed by atoms with Crippen LogP contribution in [0.5, 0.6) is 0 Å². The van der Waals surface area contributed by atoms with Crippen LogP contribution in [0.1, 0.15) is 22.2 Å². The van der Waals surface area contributed by atoms with E-state index >= 15 is 0 Å². The number of hydrogen-bond donors (Lipinski definition) is 0. The molecule has 0 spiro atoms. The SMILES string of the molecule is CCOC(=O)c1cnc2sc(CN3CCOCC3)cn2c1=O. The Hall–Kier alpha value is -1.77. The maximum absolute atomic E-state index is 12.3. The molecule has 0 aliphatic carbocycles. The molecule has 2 aromatic heterocycles. The fourth-order valence-electron chi connectivity index (χ4n) is 2.33. The maximum atomic E-state index is 12.3. The summed E-state index contributed by atoms with van der Waals surface area (Å²) in [4.78, 5) is 32.2. The number of carbonyl (C=O) groups excluding carboxylic acids is 1. The fourth-order valence-corrected chi connectivity index (χ4v) is 3.31. The molecule has 1 aliphatic heterocycles. The number of nitrogens with zero attached hydrogens (tertiary/aromatic N) is 3. The van der Waals surface area contributed by atoms with Crippen molar-refractivity contribution in [2.24, 2.45) is 0 Å². The summed E-state index contributed by atoms with van der Waals surface area (Å²) in [7, 11) is 0. The molecule has 0 amide bonds. The van der Waals surface area contributed by atoms with Crippen LogP contribution in [0.3, 0.4) is 0 Å². The van der Waals surface area contributed by atoms with E-state index in [9.17, 15) is 9.59 Å². The first-order valence-corrected chi connectivity index (χ1v) is 7.98. The summed E-state index contributed by atoms with van der Waals surface area (Å²) in [5.74, 6) is -0.629. The van der Waals surface area contributed by atoms with Crippen LogP contribution in [-0.2, 0) is 16.0 Å². The number of carbonyl (C=O) groups is 1. The quantitative estimate of drug-likeness (QED) is 0.774. The molecule has 0 radical (unpaired) electrons. The van der Waals surface area contributed by atoms with E-state index < -0.39 is 5.97 Å². The first-order valence-electron chi connectivity index (χ1n) is 7.16. The molecule has 3 heterocycles. The molecule has 2 aromatic rings. The molecule has 1 fully saturated rings. The molecule has 8 heteroatoms. The van der Waals surface area contributed by atoms with Crippen molar-refractivity contribution in [3.05, 3.63) is 33.2 Å². The van der Waals surface area contributed by atoms with Gasteiger partial charge in [-0.15, -0.1) is 0 Å². The van der Waals surface area contributed by atoms with Crippen molar-refractivity contribution in [1.82, 2.24) is 14.3 Å². The zero-order valence-corrected chi connectivity index (χ0v) is 13.1. The molecule has 0 N–H and O–H groups in total. The van der Waals surface area contributed by atoms with Gasteiger partial charge in [-0.3, -0.25) is 14.1 Å². The number of thiazole rings is 1. The molecular formula is C14H17N3O4S. The molecule has 7 nitrogen and oxygen atoms in total. The largest absolute Gasteiger partial charge is 0.462 e. The van der Waals surface area contributed by atoms with Gasteiger partial charge < -0.3 is 9.47 Å². The van der Waals surface area contributed by atoms with Crippen LogP contribution in [-0.4, -0.2) is 53.2 Å². The number of esters is 1. The number of morpholine rings is 1. The minimum absolute atomic E-state index is 0.0323. The Kier molecular flexibility index (Phi) is 4.51. The Balaban J connectivity index is 1.87. The third kappa shape index (κ3) is 3.03. The van der Waals surface area contributed by atoms with Gasteiger partial charge in [-0.25, -0.2) is 9.78 Å². The van der Waals surface area contributed by atoms with Crippen molar-refractivity contribution >= 4 is 22.3 Å². The van der Waals surface area contributed by atoms with E-state index in [4.69, 9.17) is 9.47 Å². The molecule has 0 bridgehead atoms. The number of rotatable bonds is 4. The van der Waals surface area contributed by atoms with Gasteiger partial charge in [-0.05, 0) is 6.92 Å². The second kappa shape index (κ2) is 6.55. The van der Waals surface area contributed by atoms with E-state index in [1.165, 1.54) is 21.9 Å². The number of fused-ring (bicyclic) bond motifs is 1. The number of aromatic nitrogens is 2. The molecular weight excluding hydrogens is 306 g/mol. The predicted molar refractivity (Wildman–Crippen MR) is 81.4 cm³/mol. The molecule has 0 unspecified atom stereocenters. The van der Waals surface area contributed by atoms with Crippen LogP contribution in [0.4, 0.5) is 0 Å². The van der Waals surface area contributed by atoms with Crippen LogP contribution in [0.25, 0.3) is 4.96 Å². The van der Waals surface area contributed by atoms with E-state index in [1.54, 1.807) is 13.1 Å². The van der Waals surface area contributed by atoms with Crippen molar-refractivity contribution in [1.29, 1.82) is 0 Å². The third-order valence-electron chi connectivity index (χ3n) is 3.43. The standard InChI is InChI=1S/C14H17N3O4S/c1-2-21-13(19)11-7-15-14-17(12(11)18)9-10(22-14)8-16-3-5-20-6-4-16/h7,9H,2-6,8H2,1H3. The van der Waals surface area contributed by atoms with Gasteiger partial charge in [0.1, 0.15) is 5.56 Å². The summed E-state index contributed by atoms with van der Waals surface area (Å²) in [5.41, 5.74) is -0.414. The summed E-state index contributed by atoms with van der Waals surface area (Å²) < 4.78 is 11.6. The topological polar surface area (TPSA) is 73.1 Å². The highest BCUT2D eigenvalue weighted by Gasteiger charge is 2.17. The molecule has 0 aromatic carbocycles.